The first kappa shape index (κ1) is 16.9. The van der Waals surface area contributed by atoms with Gasteiger partial charge in [0.2, 0.25) is 0 Å². The van der Waals surface area contributed by atoms with Gasteiger partial charge in [0.25, 0.3) is 5.91 Å². The number of nitrogens with two attached hydrogens (primary N) is 1. The van der Waals surface area contributed by atoms with E-state index in [0.29, 0.717) is 12.2 Å². The number of nitrogens with zero attached hydrogens (tertiary/aromatic N) is 1. The average Bonchev–Trinajstić information content (AvgIpc) is 2.23. The Bertz CT molecular complexity index is 401. The van der Waals surface area contributed by atoms with Crippen molar-refractivity contribution in [3.8, 4) is 0 Å². The molecule has 1 heterocycles. The smallest absolute Gasteiger partial charge is 0.270 e. The molecule has 0 saturated carbocycles. The van der Waals surface area contributed by atoms with Crippen LogP contribution in [0.25, 0.3) is 0 Å². The molecule has 1 aromatic rings. The Morgan fingerprint density at radius 2 is 2.06 bits per heavy atom. The summed E-state index contributed by atoms with van der Waals surface area (Å²) in [6.07, 6.45) is 0. The number of halogens is 1. The van der Waals surface area contributed by atoms with E-state index >= 15 is 0 Å². The molecule has 0 saturated heterocycles. The molecule has 1 atom stereocenters. The van der Waals surface area contributed by atoms with Gasteiger partial charge in [-0.3, -0.25) is 4.79 Å². The standard InChI is InChI=1S/C13H21N3O.ClH/c1-9-6-5-7-10(15-9)12(17)16-11(8-14)13(2,3)4;/h5-7,11H,8,14H2,1-4H3,(H,16,17);1H. The van der Waals surface area contributed by atoms with Crippen molar-refractivity contribution in [2.45, 2.75) is 33.7 Å². The Labute approximate surface area is 115 Å². The number of nitrogens with one attached hydrogen (secondary N) is 1. The topological polar surface area (TPSA) is 68.0 Å². The molecule has 5 heteroatoms. The first-order chi connectivity index (χ1) is 7.84. The Hall–Kier alpha value is -1.13. The summed E-state index contributed by atoms with van der Waals surface area (Å²) in [5.41, 5.74) is 6.89. The van der Waals surface area contributed by atoms with Crippen molar-refractivity contribution in [2.24, 2.45) is 11.1 Å². The summed E-state index contributed by atoms with van der Waals surface area (Å²) >= 11 is 0. The van der Waals surface area contributed by atoms with E-state index in [0.717, 1.165) is 5.69 Å². The van der Waals surface area contributed by atoms with Crippen LogP contribution in [0.1, 0.15) is 37.0 Å². The maximum atomic E-state index is 12.0. The summed E-state index contributed by atoms with van der Waals surface area (Å²) in [5, 5.41) is 2.92. The highest BCUT2D eigenvalue weighted by Gasteiger charge is 2.25. The minimum atomic E-state index is -0.168. The molecule has 1 amide bonds. The Kier molecular flexibility index (Phi) is 6.29. The fraction of sp³-hybridized carbons (Fsp3) is 0.538. The highest BCUT2D eigenvalue weighted by Crippen LogP contribution is 2.18. The van der Waals surface area contributed by atoms with Crippen LogP contribution in [0.4, 0.5) is 0 Å². The Morgan fingerprint density at radius 3 is 2.50 bits per heavy atom. The molecule has 0 aliphatic heterocycles. The van der Waals surface area contributed by atoms with Crippen LogP contribution in [-0.4, -0.2) is 23.5 Å². The van der Waals surface area contributed by atoms with Gasteiger partial charge in [0.05, 0.1) is 0 Å². The van der Waals surface area contributed by atoms with E-state index in [2.05, 4.69) is 31.1 Å². The number of pyridine rings is 1. The lowest BCUT2D eigenvalue weighted by molar-refractivity contribution is 0.0900. The third kappa shape index (κ3) is 4.63. The first-order valence-corrected chi connectivity index (χ1v) is 5.79. The number of carbonyl (C=O) groups excluding carboxylic acids is 1. The van der Waals surface area contributed by atoms with Gasteiger partial charge in [0.15, 0.2) is 0 Å². The predicted molar refractivity (Wildman–Crippen MR) is 76.0 cm³/mol. The van der Waals surface area contributed by atoms with Gasteiger partial charge in [-0.2, -0.15) is 0 Å². The minimum absolute atomic E-state index is 0. The highest BCUT2D eigenvalue weighted by atomic mass is 35.5. The zero-order valence-electron chi connectivity index (χ0n) is 11.4. The lowest BCUT2D eigenvalue weighted by Crippen LogP contribution is -2.48. The SMILES string of the molecule is Cc1cccc(C(=O)NC(CN)C(C)(C)C)n1.Cl. The average molecular weight is 272 g/mol. The number of hydrogen-bond donors (Lipinski definition) is 2. The zero-order valence-corrected chi connectivity index (χ0v) is 12.2. The van der Waals surface area contributed by atoms with E-state index in [9.17, 15) is 4.79 Å². The second-order valence-corrected chi connectivity index (χ2v) is 5.29. The van der Waals surface area contributed by atoms with Gasteiger partial charge >= 0.3 is 0 Å². The fourth-order valence-corrected chi connectivity index (χ4v) is 1.53. The number of rotatable bonds is 3. The minimum Gasteiger partial charge on any atom is -0.346 e. The van der Waals surface area contributed by atoms with Crippen LogP contribution in [0.3, 0.4) is 0 Å². The number of aryl methyl sites for hydroxylation is 1. The van der Waals surface area contributed by atoms with Crippen molar-refractivity contribution in [1.29, 1.82) is 0 Å². The predicted octanol–water partition coefficient (Wildman–Crippen LogP) is 1.92. The van der Waals surface area contributed by atoms with Crippen molar-refractivity contribution in [3.05, 3.63) is 29.6 Å². The quantitative estimate of drug-likeness (QED) is 0.883. The number of hydrogen-bond acceptors (Lipinski definition) is 3. The van der Waals surface area contributed by atoms with Gasteiger partial charge in [0, 0.05) is 18.3 Å². The summed E-state index contributed by atoms with van der Waals surface area (Å²) in [6.45, 7) is 8.43. The molecule has 0 fully saturated rings. The van der Waals surface area contributed by atoms with Crippen molar-refractivity contribution in [3.63, 3.8) is 0 Å². The van der Waals surface area contributed by atoms with Crippen molar-refractivity contribution >= 4 is 18.3 Å². The molecule has 1 unspecified atom stereocenters. The van der Waals surface area contributed by atoms with Crippen LogP contribution in [0.5, 0.6) is 0 Å². The number of aromatic nitrogens is 1. The summed E-state index contributed by atoms with van der Waals surface area (Å²) in [5.74, 6) is -0.168. The highest BCUT2D eigenvalue weighted by molar-refractivity contribution is 5.92. The molecule has 0 aliphatic carbocycles. The van der Waals surface area contributed by atoms with Crippen molar-refractivity contribution in [2.75, 3.05) is 6.54 Å². The number of amides is 1. The van der Waals surface area contributed by atoms with E-state index in [-0.39, 0.29) is 29.8 Å². The van der Waals surface area contributed by atoms with E-state index < -0.39 is 0 Å². The monoisotopic (exact) mass is 271 g/mol. The van der Waals surface area contributed by atoms with E-state index in [1.165, 1.54) is 0 Å². The van der Waals surface area contributed by atoms with Gasteiger partial charge in [-0.1, -0.05) is 26.8 Å². The van der Waals surface area contributed by atoms with Crippen LogP contribution in [0.15, 0.2) is 18.2 Å². The lowest BCUT2D eigenvalue weighted by atomic mass is 9.86. The van der Waals surface area contributed by atoms with Crippen molar-refractivity contribution < 1.29 is 4.79 Å². The van der Waals surface area contributed by atoms with E-state index in [1.807, 2.05) is 19.1 Å². The van der Waals surface area contributed by atoms with Gasteiger partial charge in [-0.25, -0.2) is 4.98 Å². The summed E-state index contributed by atoms with van der Waals surface area (Å²) in [7, 11) is 0. The summed E-state index contributed by atoms with van der Waals surface area (Å²) < 4.78 is 0. The molecule has 102 valence electrons. The molecular weight excluding hydrogens is 250 g/mol. The molecule has 0 aliphatic rings. The lowest BCUT2D eigenvalue weighted by Gasteiger charge is -2.30. The molecule has 0 radical (unpaired) electrons. The fourth-order valence-electron chi connectivity index (χ4n) is 1.53. The molecule has 1 aromatic heterocycles. The molecule has 0 aromatic carbocycles. The first-order valence-electron chi connectivity index (χ1n) is 5.79. The molecular formula is C13H22ClN3O. The van der Waals surface area contributed by atoms with Gasteiger partial charge in [-0.05, 0) is 24.5 Å². The van der Waals surface area contributed by atoms with Crippen molar-refractivity contribution in [1.82, 2.24) is 10.3 Å². The molecule has 0 bridgehead atoms. The van der Waals surface area contributed by atoms with Gasteiger partial charge in [0.1, 0.15) is 5.69 Å². The second-order valence-electron chi connectivity index (χ2n) is 5.29. The van der Waals surface area contributed by atoms with E-state index in [1.54, 1.807) is 6.07 Å². The largest absolute Gasteiger partial charge is 0.346 e. The zero-order chi connectivity index (χ0) is 13.1. The Morgan fingerprint density at radius 1 is 1.44 bits per heavy atom. The normalized spacial score (nSPS) is 12.5. The van der Waals surface area contributed by atoms with Crippen LogP contribution in [0.2, 0.25) is 0 Å². The third-order valence-electron chi connectivity index (χ3n) is 2.71. The molecule has 1 rings (SSSR count). The van der Waals surface area contributed by atoms with Gasteiger partial charge < -0.3 is 11.1 Å². The van der Waals surface area contributed by atoms with Crippen LogP contribution in [0, 0.1) is 12.3 Å². The third-order valence-corrected chi connectivity index (χ3v) is 2.71. The number of carbonyl (C=O) groups is 1. The molecule has 18 heavy (non-hydrogen) atoms. The Balaban J connectivity index is 0.00000289. The molecule has 3 N–H and O–H groups in total. The maximum absolute atomic E-state index is 12.0. The second kappa shape index (κ2) is 6.71. The maximum Gasteiger partial charge on any atom is 0.270 e. The van der Waals surface area contributed by atoms with Crippen LogP contribution in [-0.2, 0) is 0 Å². The van der Waals surface area contributed by atoms with Crippen LogP contribution >= 0.6 is 12.4 Å². The van der Waals surface area contributed by atoms with Crippen LogP contribution < -0.4 is 11.1 Å². The molecule has 0 spiro atoms. The summed E-state index contributed by atoms with van der Waals surface area (Å²) in [6, 6.07) is 5.34. The molecule has 4 nitrogen and oxygen atoms in total. The van der Waals surface area contributed by atoms with E-state index in [4.69, 9.17) is 5.73 Å². The summed E-state index contributed by atoms with van der Waals surface area (Å²) in [4.78, 5) is 16.2. The van der Waals surface area contributed by atoms with Gasteiger partial charge in [-0.15, -0.1) is 12.4 Å².